The maximum Gasteiger partial charge on any atom is 0.0519 e. The molecule has 7 aromatic rings. The van der Waals surface area contributed by atoms with E-state index in [2.05, 4.69) is 220 Å². The summed E-state index contributed by atoms with van der Waals surface area (Å²) in [6, 6.07) is 60.6. The zero-order valence-corrected chi connectivity index (χ0v) is 30.4. The van der Waals surface area contributed by atoms with Gasteiger partial charge < -0.3 is 9.80 Å². The minimum atomic E-state index is 1.10. The lowest BCUT2D eigenvalue weighted by Crippen LogP contribution is -2.16. The number of aryl methyl sites for hydroxylation is 4. The quantitative estimate of drug-likeness (QED) is 0.133. The summed E-state index contributed by atoms with van der Waals surface area (Å²) in [6.07, 6.45) is 8.68. The Morgan fingerprint density at radius 2 is 0.596 bits per heavy atom. The summed E-state index contributed by atoms with van der Waals surface area (Å²) in [6.45, 7) is 8.81. The Labute approximate surface area is 309 Å². The van der Waals surface area contributed by atoms with Gasteiger partial charge in [0, 0.05) is 22.7 Å². The number of benzene rings is 7. The van der Waals surface area contributed by atoms with Crippen molar-refractivity contribution in [2.24, 2.45) is 0 Å². The monoisotopic (exact) mass is 672 g/mol. The van der Waals surface area contributed by atoms with E-state index in [0.717, 1.165) is 33.9 Å². The van der Waals surface area contributed by atoms with Crippen molar-refractivity contribution in [2.45, 2.75) is 27.7 Å². The molecule has 0 aromatic heterocycles. The molecule has 2 heteroatoms. The van der Waals surface area contributed by atoms with Gasteiger partial charge in [0.05, 0.1) is 11.4 Å². The Bertz CT molecular complexity index is 2110. The number of hydrogen-bond acceptors (Lipinski definition) is 2. The second-order valence-corrected chi connectivity index (χ2v) is 13.3. The lowest BCUT2D eigenvalue weighted by atomic mass is 10.0. The summed E-state index contributed by atoms with van der Waals surface area (Å²) >= 11 is 0. The van der Waals surface area contributed by atoms with Gasteiger partial charge in [0.2, 0.25) is 0 Å². The van der Waals surface area contributed by atoms with E-state index in [1.165, 1.54) is 44.8 Å². The van der Waals surface area contributed by atoms with E-state index in [1.54, 1.807) is 0 Å². The van der Waals surface area contributed by atoms with Crippen molar-refractivity contribution >= 4 is 58.4 Å². The summed E-state index contributed by atoms with van der Waals surface area (Å²) in [7, 11) is 0. The van der Waals surface area contributed by atoms with Gasteiger partial charge in [-0.25, -0.2) is 0 Å². The summed E-state index contributed by atoms with van der Waals surface area (Å²) in [5, 5.41) is 0. The molecule has 254 valence electrons. The fraction of sp³-hybridized carbons (Fsp3) is 0.0800. The molecule has 0 aliphatic carbocycles. The standard InChI is InChI=1S/C50H44N2/c1-37-14-11-15-38(2)49(37)51(45-32-28-43(29-33-45)26-24-41-18-7-5-8-19-41)47-22-13-23-48(36-47)52(50-39(3)16-12-17-40(50)4)46-34-30-44(31-35-46)27-25-42-20-9-6-10-21-42/h5-36H,1-4H3/b26-24+,27-25+. The molecule has 0 amide bonds. The fourth-order valence-corrected chi connectivity index (χ4v) is 6.88. The maximum atomic E-state index is 2.40. The molecule has 0 saturated carbocycles. The Morgan fingerprint density at radius 3 is 0.942 bits per heavy atom. The number of rotatable bonds is 10. The summed E-state index contributed by atoms with van der Waals surface area (Å²) in [4.78, 5) is 4.80. The zero-order chi connectivity index (χ0) is 35.9. The molecule has 0 spiro atoms. The van der Waals surface area contributed by atoms with Crippen LogP contribution in [0.1, 0.15) is 44.5 Å². The molecule has 0 bridgehead atoms. The smallest absolute Gasteiger partial charge is 0.0519 e. The van der Waals surface area contributed by atoms with Gasteiger partial charge >= 0.3 is 0 Å². The van der Waals surface area contributed by atoms with E-state index < -0.39 is 0 Å². The Hall–Kier alpha value is -6.38. The lowest BCUT2D eigenvalue weighted by molar-refractivity contribution is 1.19. The van der Waals surface area contributed by atoms with Gasteiger partial charge in [-0.1, -0.05) is 152 Å². The van der Waals surface area contributed by atoms with Gasteiger partial charge in [-0.05, 0) is 115 Å². The van der Waals surface area contributed by atoms with E-state index in [4.69, 9.17) is 0 Å². The van der Waals surface area contributed by atoms with E-state index in [-0.39, 0.29) is 0 Å². The molecule has 0 aliphatic heterocycles. The largest absolute Gasteiger partial charge is 0.310 e. The Kier molecular flexibility index (Phi) is 10.3. The number of anilines is 6. The molecule has 7 rings (SSSR count). The molecule has 0 heterocycles. The van der Waals surface area contributed by atoms with Crippen molar-refractivity contribution in [3.05, 3.63) is 214 Å². The van der Waals surface area contributed by atoms with Crippen molar-refractivity contribution in [2.75, 3.05) is 9.80 Å². The first-order chi connectivity index (χ1) is 25.4. The predicted octanol–water partition coefficient (Wildman–Crippen LogP) is 14.2. The van der Waals surface area contributed by atoms with Crippen molar-refractivity contribution in [3.63, 3.8) is 0 Å². The van der Waals surface area contributed by atoms with Crippen LogP contribution in [0.5, 0.6) is 0 Å². The van der Waals surface area contributed by atoms with E-state index >= 15 is 0 Å². The first kappa shape index (κ1) is 34.1. The van der Waals surface area contributed by atoms with Crippen LogP contribution in [0.15, 0.2) is 170 Å². The third kappa shape index (κ3) is 7.67. The SMILES string of the molecule is Cc1cccc(C)c1N(c1ccc(/C=C/c2ccccc2)cc1)c1cccc(N(c2ccc(/C=C/c3ccccc3)cc2)c2c(C)cccc2C)c1. The predicted molar refractivity (Wildman–Crippen MR) is 225 cm³/mol. The van der Waals surface area contributed by atoms with Crippen LogP contribution < -0.4 is 9.80 Å². The molecule has 0 aliphatic rings. The third-order valence-electron chi connectivity index (χ3n) is 9.51. The van der Waals surface area contributed by atoms with Crippen molar-refractivity contribution in [3.8, 4) is 0 Å². The van der Waals surface area contributed by atoms with Crippen LogP contribution in [0.4, 0.5) is 34.1 Å². The van der Waals surface area contributed by atoms with Gasteiger partial charge in [0.25, 0.3) is 0 Å². The number of hydrogen-bond donors (Lipinski definition) is 0. The van der Waals surface area contributed by atoms with Crippen molar-refractivity contribution in [1.82, 2.24) is 0 Å². The Balaban J connectivity index is 1.30. The van der Waals surface area contributed by atoms with Crippen LogP contribution in [0, 0.1) is 27.7 Å². The van der Waals surface area contributed by atoms with E-state index in [9.17, 15) is 0 Å². The fourth-order valence-electron chi connectivity index (χ4n) is 6.88. The van der Waals surface area contributed by atoms with Crippen LogP contribution in [0.3, 0.4) is 0 Å². The molecule has 52 heavy (non-hydrogen) atoms. The number of nitrogens with zero attached hydrogens (tertiary/aromatic N) is 2. The molecule has 0 fully saturated rings. The highest BCUT2D eigenvalue weighted by Gasteiger charge is 2.21. The zero-order valence-electron chi connectivity index (χ0n) is 30.4. The van der Waals surface area contributed by atoms with Gasteiger partial charge in [-0.15, -0.1) is 0 Å². The van der Waals surface area contributed by atoms with Crippen LogP contribution >= 0.6 is 0 Å². The molecule has 0 atom stereocenters. The van der Waals surface area contributed by atoms with Gasteiger partial charge in [0.15, 0.2) is 0 Å². The highest BCUT2D eigenvalue weighted by molar-refractivity contribution is 5.87. The average molecular weight is 673 g/mol. The van der Waals surface area contributed by atoms with Crippen LogP contribution in [-0.2, 0) is 0 Å². The van der Waals surface area contributed by atoms with E-state index in [0.29, 0.717) is 0 Å². The maximum absolute atomic E-state index is 2.40. The molecule has 2 nitrogen and oxygen atoms in total. The van der Waals surface area contributed by atoms with Gasteiger partial charge in [0.1, 0.15) is 0 Å². The van der Waals surface area contributed by atoms with Crippen molar-refractivity contribution < 1.29 is 0 Å². The Morgan fingerprint density at radius 1 is 0.288 bits per heavy atom. The second-order valence-electron chi connectivity index (χ2n) is 13.3. The third-order valence-corrected chi connectivity index (χ3v) is 9.51. The van der Waals surface area contributed by atoms with Crippen molar-refractivity contribution in [1.29, 1.82) is 0 Å². The van der Waals surface area contributed by atoms with Gasteiger partial charge in [-0.2, -0.15) is 0 Å². The van der Waals surface area contributed by atoms with Crippen LogP contribution in [-0.4, -0.2) is 0 Å². The normalized spacial score (nSPS) is 11.3. The molecule has 0 N–H and O–H groups in total. The topological polar surface area (TPSA) is 6.48 Å². The summed E-state index contributed by atoms with van der Waals surface area (Å²) in [5.74, 6) is 0. The molecule has 0 saturated heterocycles. The average Bonchev–Trinajstić information content (AvgIpc) is 3.18. The highest BCUT2D eigenvalue weighted by Crippen LogP contribution is 2.43. The molecular weight excluding hydrogens is 629 g/mol. The van der Waals surface area contributed by atoms with E-state index in [1.807, 2.05) is 12.1 Å². The molecule has 7 aromatic carbocycles. The lowest BCUT2D eigenvalue weighted by Gasteiger charge is -2.32. The summed E-state index contributed by atoms with van der Waals surface area (Å²) < 4.78 is 0. The molecule has 0 unspecified atom stereocenters. The van der Waals surface area contributed by atoms with Gasteiger partial charge in [-0.3, -0.25) is 0 Å². The first-order valence-corrected chi connectivity index (χ1v) is 17.9. The summed E-state index contributed by atoms with van der Waals surface area (Å²) in [5.41, 5.74) is 16.4. The van der Waals surface area contributed by atoms with Crippen LogP contribution in [0.25, 0.3) is 24.3 Å². The molecular formula is C50H44N2. The minimum Gasteiger partial charge on any atom is -0.310 e. The minimum absolute atomic E-state index is 1.10. The molecule has 0 radical (unpaired) electrons. The first-order valence-electron chi connectivity index (χ1n) is 17.9. The second kappa shape index (κ2) is 15.7. The number of para-hydroxylation sites is 2. The highest BCUT2D eigenvalue weighted by atomic mass is 15.2. The van der Waals surface area contributed by atoms with Crippen LogP contribution in [0.2, 0.25) is 0 Å².